The van der Waals surface area contributed by atoms with Crippen LogP contribution in [-0.2, 0) is 0 Å². The number of likely N-dealkylation sites (N-methyl/N-ethyl adjacent to an activating group) is 1. The SMILES string of the molecule is C=C(C)CN(C)c1c(F)cccc1C(C)NCC. The van der Waals surface area contributed by atoms with Gasteiger partial charge in [-0.2, -0.15) is 0 Å². The first-order valence-electron chi connectivity index (χ1n) is 6.34. The van der Waals surface area contributed by atoms with Crippen molar-refractivity contribution in [3.05, 3.63) is 41.7 Å². The fraction of sp³-hybridized carbons (Fsp3) is 0.467. The van der Waals surface area contributed by atoms with Crippen LogP contribution in [-0.4, -0.2) is 20.1 Å². The molecule has 0 radical (unpaired) electrons. The molecule has 1 aromatic carbocycles. The molecule has 0 heterocycles. The molecule has 0 spiro atoms. The van der Waals surface area contributed by atoms with Gasteiger partial charge in [0.1, 0.15) is 5.82 Å². The molecule has 0 saturated heterocycles. The standard InChI is InChI=1S/C15H23FN2/c1-6-17-12(4)13-8-7-9-14(16)15(13)18(5)10-11(2)3/h7-9,12,17H,2,6,10H2,1,3-5H3. The van der Waals surface area contributed by atoms with E-state index in [2.05, 4.69) is 18.8 Å². The van der Waals surface area contributed by atoms with Crippen LogP contribution < -0.4 is 10.2 Å². The fourth-order valence-electron chi connectivity index (χ4n) is 2.18. The van der Waals surface area contributed by atoms with Crippen molar-refractivity contribution in [2.24, 2.45) is 0 Å². The summed E-state index contributed by atoms with van der Waals surface area (Å²) in [6.45, 7) is 11.5. The fourth-order valence-corrected chi connectivity index (χ4v) is 2.18. The van der Waals surface area contributed by atoms with E-state index in [4.69, 9.17) is 0 Å². The third-order valence-electron chi connectivity index (χ3n) is 2.88. The van der Waals surface area contributed by atoms with Crippen molar-refractivity contribution in [2.45, 2.75) is 26.8 Å². The Morgan fingerprint density at radius 1 is 1.50 bits per heavy atom. The number of para-hydroxylation sites is 1. The van der Waals surface area contributed by atoms with Gasteiger partial charge < -0.3 is 10.2 Å². The van der Waals surface area contributed by atoms with E-state index in [1.807, 2.05) is 31.9 Å². The lowest BCUT2D eigenvalue weighted by atomic mass is 10.0. The summed E-state index contributed by atoms with van der Waals surface area (Å²) in [6, 6.07) is 5.37. The Morgan fingerprint density at radius 3 is 2.72 bits per heavy atom. The molecule has 1 N–H and O–H groups in total. The maximum Gasteiger partial charge on any atom is 0.146 e. The molecule has 0 saturated carbocycles. The molecule has 3 heteroatoms. The maximum atomic E-state index is 14.1. The number of hydrogen-bond donors (Lipinski definition) is 1. The second kappa shape index (κ2) is 6.55. The number of benzene rings is 1. The van der Waals surface area contributed by atoms with E-state index in [-0.39, 0.29) is 11.9 Å². The summed E-state index contributed by atoms with van der Waals surface area (Å²) in [6.07, 6.45) is 0. The minimum atomic E-state index is -0.180. The van der Waals surface area contributed by atoms with Crippen LogP contribution in [0.2, 0.25) is 0 Å². The average molecular weight is 250 g/mol. The Hall–Kier alpha value is -1.35. The van der Waals surface area contributed by atoms with E-state index in [9.17, 15) is 4.39 Å². The Balaban J connectivity index is 3.11. The van der Waals surface area contributed by atoms with Crippen LogP contribution in [0.25, 0.3) is 0 Å². The predicted octanol–water partition coefficient (Wildman–Crippen LogP) is 3.51. The zero-order valence-corrected chi connectivity index (χ0v) is 11.8. The number of nitrogens with one attached hydrogen (secondary N) is 1. The molecule has 1 rings (SSSR count). The van der Waals surface area contributed by atoms with E-state index in [1.165, 1.54) is 6.07 Å². The number of rotatable bonds is 6. The van der Waals surface area contributed by atoms with Crippen molar-refractivity contribution in [3.63, 3.8) is 0 Å². The molecule has 0 aliphatic heterocycles. The quantitative estimate of drug-likeness (QED) is 0.777. The number of halogens is 1. The highest BCUT2D eigenvalue weighted by molar-refractivity contribution is 5.56. The third kappa shape index (κ3) is 3.57. The van der Waals surface area contributed by atoms with Gasteiger partial charge in [-0.25, -0.2) is 4.39 Å². The van der Waals surface area contributed by atoms with E-state index in [0.29, 0.717) is 12.2 Å². The van der Waals surface area contributed by atoms with Crippen molar-refractivity contribution in [1.29, 1.82) is 0 Å². The molecule has 0 aliphatic rings. The van der Waals surface area contributed by atoms with Gasteiger partial charge in [0, 0.05) is 19.6 Å². The largest absolute Gasteiger partial charge is 0.368 e. The smallest absolute Gasteiger partial charge is 0.146 e. The molecule has 1 unspecified atom stereocenters. The van der Waals surface area contributed by atoms with Crippen LogP contribution >= 0.6 is 0 Å². The van der Waals surface area contributed by atoms with Crippen LogP contribution in [0.1, 0.15) is 32.4 Å². The van der Waals surface area contributed by atoms with Gasteiger partial charge in [0.15, 0.2) is 0 Å². The van der Waals surface area contributed by atoms with Gasteiger partial charge in [-0.05, 0) is 32.0 Å². The Morgan fingerprint density at radius 2 is 2.17 bits per heavy atom. The second-order valence-corrected chi connectivity index (χ2v) is 4.77. The molecule has 0 fully saturated rings. The van der Waals surface area contributed by atoms with Gasteiger partial charge in [-0.1, -0.05) is 31.2 Å². The average Bonchev–Trinajstić information content (AvgIpc) is 2.27. The van der Waals surface area contributed by atoms with Crippen LogP contribution in [0, 0.1) is 5.82 Å². The summed E-state index contributed by atoms with van der Waals surface area (Å²) in [4.78, 5) is 1.92. The molecule has 100 valence electrons. The van der Waals surface area contributed by atoms with Crippen LogP contribution in [0.4, 0.5) is 10.1 Å². The first-order chi connectivity index (χ1) is 8.47. The number of hydrogen-bond acceptors (Lipinski definition) is 2. The van der Waals surface area contributed by atoms with E-state index >= 15 is 0 Å². The van der Waals surface area contributed by atoms with Gasteiger partial charge in [-0.3, -0.25) is 0 Å². The van der Waals surface area contributed by atoms with Gasteiger partial charge >= 0.3 is 0 Å². The molecule has 1 aromatic rings. The van der Waals surface area contributed by atoms with Crippen molar-refractivity contribution in [2.75, 3.05) is 25.0 Å². The lowest BCUT2D eigenvalue weighted by molar-refractivity contribution is 0.581. The normalized spacial score (nSPS) is 12.3. The molecular formula is C15H23FN2. The number of anilines is 1. The summed E-state index contributed by atoms with van der Waals surface area (Å²) in [7, 11) is 1.90. The van der Waals surface area contributed by atoms with E-state index in [0.717, 1.165) is 17.7 Å². The third-order valence-corrected chi connectivity index (χ3v) is 2.88. The molecule has 0 aromatic heterocycles. The maximum absolute atomic E-state index is 14.1. The lowest BCUT2D eigenvalue weighted by Gasteiger charge is -2.26. The van der Waals surface area contributed by atoms with Gasteiger partial charge in [-0.15, -0.1) is 0 Å². The molecule has 0 amide bonds. The predicted molar refractivity (Wildman–Crippen MR) is 76.6 cm³/mol. The highest BCUT2D eigenvalue weighted by Gasteiger charge is 2.16. The Labute approximate surface area is 110 Å². The minimum absolute atomic E-state index is 0.133. The van der Waals surface area contributed by atoms with Crippen LogP contribution in [0.15, 0.2) is 30.4 Å². The highest BCUT2D eigenvalue weighted by Crippen LogP contribution is 2.28. The minimum Gasteiger partial charge on any atom is -0.368 e. The molecule has 1 atom stereocenters. The van der Waals surface area contributed by atoms with Gasteiger partial charge in [0.05, 0.1) is 5.69 Å². The Kier molecular flexibility index (Phi) is 5.35. The topological polar surface area (TPSA) is 15.3 Å². The monoisotopic (exact) mass is 250 g/mol. The Bertz CT molecular complexity index is 415. The van der Waals surface area contributed by atoms with Crippen molar-refractivity contribution >= 4 is 5.69 Å². The second-order valence-electron chi connectivity index (χ2n) is 4.77. The molecule has 0 bridgehead atoms. The molecular weight excluding hydrogens is 227 g/mol. The van der Waals surface area contributed by atoms with Crippen molar-refractivity contribution in [1.82, 2.24) is 5.32 Å². The lowest BCUT2D eigenvalue weighted by Crippen LogP contribution is -2.25. The number of nitrogens with zero attached hydrogens (tertiary/aromatic N) is 1. The van der Waals surface area contributed by atoms with Crippen molar-refractivity contribution < 1.29 is 4.39 Å². The van der Waals surface area contributed by atoms with E-state index < -0.39 is 0 Å². The van der Waals surface area contributed by atoms with Crippen molar-refractivity contribution in [3.8, 4) is 0 Å². The first kappa shape index (κ1) is 14.7. The molecule has 18 heavy (non-hydrogen) atoms. The van der Waals surface area contributed by atoms with Gasteiger partial charge in [0.25, 0.3) is 0 Å². The summed E-state index contributed by atoms with van der Waals surface area (Å²) in [5.74, 6) is -0.180. The van der Waals surface area contributed by atoms with E-state index in [1.54, 1.807) is 6.07 Å². The molecule has 0 aliphatic carbocycles. The molecule has 2 nitrogen and oxygen atoms in total. The van der Waals surface area contributed by atoms with Crippen LogP contribution in [0.3, 0.4) is 0 Å². The summed E-state index contributed by atoms with van der Waals surface area (Å²) < 4.78 is 14.1. The highest BCUT2D eigenvalue weighted by atomic mass is 19.1. The first-order valence-corrected chi connectivity index (χ1v) is 6.34. The summed E-state index contributed by atoms with van der Waals surface area (Å²) in [5, 5.41) is 3.32. The summed E-state index contributed by atoms with van der Waals surface area (Å²) in [5.41, 5.74) is 2.66. The summed E-state index contributed by atoms with van der Waals surface area (Å²) >= 11 is 0. The zero-order valence-electron chi connectivity index (χ0n) is 11.8. The van der Waals surface area contributed by atoms with Gasteiger partial charge in [0.2, 0.25) is 0 Å². The zero-order chi connectivity index (χ0) is 13.7. The van der Waals surface area contributed by atoms with Crippen LogP contribution in [0.5, 0.6) is 0 Å².